The summed E-state index contributed by atoms with van der Waals surface area (Å²) in [6.07, 6.45) is 3.96. The van der Waals surface area contributed by atoms with E-state index in [0.717, 1.165) is 24.1 Å². The highest BCUT2D eigenvalue weighted by molar-refractivity contribution is 5.91. The van der Waals surface area contributed by atoms with Gasteiger partial charge in [0.25, 0.3) is 0 Å². The number of esters is 1. The summed E-state index contributed by atoms with van der Waals surface area (Å²) in [5.41, 5.74) is 3.19. The van der Waals surface area contributed by atoms with E-state index in [1.165, 1.54) is 7.11 Å². The first-order valence-electron chi connectivity index (χ1n) is 7.65. The summed E-state index contributed by atoms with van der Waals surface area (Å²) in [7, 11) is 1.36. The Hall–Kier alpha value is -1.97. The van der Waals surface area contributed by atoms with Crippen LogP contribution >= 0.6 is 0 Å². The lowest BCUT2D eigenvalue weighted by molar-refractivity contribution is 0.0600. The Morgan fingerprint density at radius 2 is 1.86 bits per heavy atom. The van der Waals surface area contributed by atoms with Crippen molar-refractivity contribution in [2.24, 2.45) is 0 Å². The van der Waals surface area contributed by atoms with Gasteiger partial charge >= 0.3 is 5.97 Å². The number of methoxy groups -OCH3 is 1. The molecular weight excluding hydrogens is 278 g/mol. The lowest BCUT2D eigenvalue weighted by Gasteiger charge is -2.39. The van der Waals surface area contributed by atoms with Crippen LogP contribution in [0, 0.1) is 0 Å². The van der Waals surface area contributed by atoms with Crippen molar-refractivity contribution in [2.45, 2.75) is 51.4 Å². The molecule has 2 heterocycles. The summed E-state index contributed by atoms with van der Waals surface area (Å²) in [5.74, 6) is -0.0990. The minimum Gasteiger partial charge on any atom is -0.505 e. The number of pyridine rings is 1. The number of hydrogen-bond acceptors (Lipinski definition) is 3. The lowest BCUT2D eigenvalue weighted by atomic mass is 9.66. The number of rotatable bonds is 1. The van der Waals surface area contributed by atoms with Crippen LogP contribution in [0.4, 0.5) is 0 Å². The number of carbonyl (C=O) groups excluding carboxylic acids is 1. The molecule has 1 aliphatic carbocycles. The summed E-state index contributed by atoms with van der Waals surface area (Å²) >= 11 is 0. The highest BCUT2D eigenvalue weighted by Gasteiger charge is 2.42. The van der Waals surface area contributed by atoms with Crippen LogP contribution in [0.2, 0.25) is 0 Å². The van der Waals surface area contributed by atoms with Crippen LogP contribution in [0.1, 0.15) is 62.2 Å². The molecule has 22 heavy (non-hydrogen) atoms. The first kappa shape index (κ1) is 14.9. The molecule has 0 amide bonds. The maximum Gasteiger partial charge on any atom is 0.337 e. The number of fused-ring (bicyclic) bond motifs is 3. The topological polar surface area (TPSA) is 50.9 Å². The largest absolute Gasteiger partial charge is 0.505 e. The van der Waals surface area contributed by atoms with Crippen molar-refractivity contribution in [1.29, 1.82) is 0 Å². The monoisotopic (exact) mass is 301 g/mol. The molecule has 1 N–H and O–H groups in total. The average Bonchev–Trinajstić information content (AvgIpc) is 2.78. The first-order chi connectivity index (χ1) is 10.2. The maximum absolute atomic E-state index is 11.8. The predicted molar refractivity (Wildman–Crippen MR) is 85.7 cm³/mol. The van der Waals surface area contributed by atoms with Gasteiger partial charge in [0.1, 0.15) is 5.75 Å². The second-order valence-electron chi connectivity index (χ2n) is 7.50. The van der Waals surface area contributed by atoms with Crippen LogP contribution in [-0.4, -0.2) is 22.6 Å². The number of carbonyl (C=O) groups is 1. The minimum atomic E-state index is -0.389. The van der Waals surface area contributed by atoms with E-state index in [2.05, 4.69) is 27.7 Å². The quantitative estimate of drug-likeness (QED) is 0.816. The molecule has 4 heteroatoms. The fraction of sp³-hybridized carbons (Fsp3) is 0.500. The van der Waals surface area contributed by atoms with Crippen molar-refractivity contribution in [1.82, 2.24) is 4.40 Å². The first-order valence-corrected chi connectivity index (χ1v) is 7.65. The number of ether oxygens (including phenoxy) is 1. The van der Waals surface area contributed by atoms with Gasteiger partial charge in [0, 0.05) is 22.9 Å². The summed E-state index contributed by atoms with van der Waals surface area (Å²) < 4.78 is 6.80. The van der Waals surface area contributed by atoms with Gasteiger partial charge in [0.2, 0.25) is 0 Å². The van der Waals surface area contributed by atoms with Crippen LogP contribution in [0.25, 0.3) is 5.52 Å². The van der Waals surface area contributed by atoms with Crippen LogP contribution in [0.3, 0.4) is 0 Å². The lowest BCUT2D eigenvalue weighted by Crippen LogP contribution is -2.34. The molecule has 0 radical (unpaired) electrons. The molecule has 4 nitrogen and oxygen atoms in total. The fourth-order valence-corrected chi connectivity index (χ4v) is 3.66. The average molecular weight is 301 g/mol. The molecule has 118 valence electrons. The number of aromatic hydroxyl groups is 1. The predicted octanol–water partition coefficient (Wildman–Crippen LogP) is 3.78. The van der Waals surface area contributed by atoms with E-state index < -0.39 is 0 Å². The Balaban J connectivity index is 2.37. The van der Waals surface area contributed by atoms with Gasteiger partial charge in [-0.25, -0.2) is 4.79 Å². The summed E-state index contributed by atoms with van der Waals surface area (Å²) in [5, 5.41) is 10.8. The Kier molecular flexibility index (Phi) is 3.06. The van der Waals surface area contributed by atoms with E-state index >= 15 is 0 Å². The van der Waals surface area contributed by atoms with Gasteiger partial charge in [-0.15, -0.1) is 0 Å². The highest BCUT2D eigenvalue weighted by atomic mass is 16.5. The molecular formula is C18H23NO3. The number of hydrogen-bond donors (Lipinski definition) is 1. The maximum atomic E-state index is 11.8. The molecule has 2 aromatic rings. The standard InChI is InChI=1S/C18H23NO3/c1-17(2)7-8-18(3,4)15-13(17)14(20)12-10-11(16(21)22-5)6-9-19(12)15/h6,9-10,20H,7-8H2,1-5H3. The van der Waals surface area contributed by atoms with Gasteiger partial charge in [-0.2, -0.15) is 0 Å². The zero-order valence-corrected chi connectivity index (χ0v) is 13.9. The summed E-state index contributed by atoms with van der Waals surface area (Å²) in [6.45, 7) is 8.76. The van der Waals surface area contributed by atoms with Crippen molar-refractivity contribution in [3.8, 4) is 5.75 Å². The number of nitrogens with zero attached hydrogens (tertiary/aromatic N) is 1. The molecule has 1 aliphatic rings. The third-order valence-electron chi connectivity index (χ3n) is 5.03. The van der Waals surface area contributed by atoms with Crippen LogP contribution in [0.5, 0.6) is 5.75 Å². The van der Waals surface area contributed by atoms with Crippen LogP contribution < -0.4 is 0 Å². The van der Waals surface area contributed by atoms with Gasteiger partial charge in [-0.3, -0.25) is 0 Å². The second-order valence-corrected chi connectivity index (χ2v) is 7.50. The van der Waals surface area contributed by atoms with Crippen molar-refractivity contribution in [2.75, 3.05) is 7.11 Å². The zero-order chi connectivity index (χ0) is 16.3. The minimum absolute atomic E-state index is 0.0124. The van der Waals surface area contributed by atoms with E-state index in [9.17, 15) is 9.90 Å². The van der Waals surface area contributed by atoms with Crippen LogP contribution in [-0.2, 0) is 15.6 Å². The van der Waals surface area contributed by atoms with E-state index in [1.54, 1.807) is 12.1 Å². The molecule has 0 saturated heterocycles. The summed E-state index contributed by atoms with van der Waals surface area (Å²) in [6, 6.07) is 3.46. The van der Waals surface area contributed by atoms with E-state index in [4.69, 9.17) is 4.74 Å². The third kappa shape index (κ3) is 1.93. The van der Waals surface area contributed by atoms with Gasteiger partial charge in [0.05, 0.1) is 18.2 Å². The normalized spacial score (nSPS) is 19.0. The Labute approximate surface area is 130 Å². The molecule has 0 atom stereocenters. The molecule has 0 bridgehead atoms. The van der Waals surface area contributed by atoms with Crippen molar-refractivity contribution >= 4 is 11.5 Å². The SMILES string of the molecule is COC(=O)c1ccn2c3c(c(O)c2c1)C(C)(C)CCC3(C)C. The van der Waals surface area contributed by atoms with Gasteiger partial charge in [-0.1, -0.05) is 27.7 Å². The van der Waals surface area contributed by atoms with E-state index in [0.29, 0.717) is 16.8 Å². The smallest absolute Gasteiger partial charge is 0.337 e. The van der Waals surface area contributed by atoms with Gasteiger partial charge < -0.3 is 14.2 Å². The molecule has 0 aromatic carbocycles. The Morgan fingerprint density at radius 3 is 2.50 bits per heavy atom. The van der Waals surface area contributed by atoms with Crippen molar-refractivity contribution in [3.05, 3.63) is 35.2 Å². The van der Waals surface area contributed by atoms with Gasteiger partial charge in [-0.05, 0) is 30.4 Å². The third-order valence-corrected chi connectivity index (χ3v) is 5.03. The summed E-state index contributed by atoms with van der Waals surface area (Å²) in [4.78, 5) is 11.8. The molecule has 2 aromatic heterocycles. The molecule has 0 aliphatic heterocycles. The van der Waals surface area contributed by atoms with Crippen molar-refractivity contribution in [3.63, 3.8) is 0 Å². The molecule has 0 saturated carbocycles. The Morgan fingerprint density at radius 1 is 1.23 bits per heavy atom. The second kappa shape index (κ2) is 4.51. The molecule has 3 rings (SSSR count). The van der Waals surface area contributed by atoms with E-state index in [1.807, 2.05) is 10.6 Å². The van der Waals surface area contributed by atoms with Crippen LogP contribution in [0.15, 0.2) is 18.3 Å². The fourth-order valence-electron chi connectivity index (χ4n) is 3.66. The highest BCUT2D eigenvalue weighted by Crippen LogP contribution is 2.51. The molecule has 0 spiro atoms. The number of aromatic nitrogens is 1. The Bertz CT molecular complexity index is 768. The molecule has 0 unspecified atom stereocenters. The van der Waals surface area contributed by atoms with E-state index in [-0.39, 0.29) is 16.8 Å². The zero-order valence-electron chi connectivity index (χ0n) is 13.9. The van der Waals surface area contributed by atoms with Gasteiger partial charge in [0.15, 0.2) is 0 Å². The molecule has 0 fully saturated rings. The van der Waals surface area contributed by atoms with Crippen molar-refractivity contribution < 1.29 is 14.6 Å².